The third-order valence-corrected chi connectivity index (χ3v) is 8.78. The van der Waals surface area contributed by atoms with Crippen molar-refractivity contribution in [1.82, 2.24) is 15.1 Å². The summed E-state index contributed by atoms with van der Waals surface area (Å²) in [5, 5.41) is 26.0. The number of likely N-dealkylation sites (N-methyl/N-ethyl adjacent to an activating group) is 1. The minimum absolute atomic E-state index is 0.0320. The zero-order valence-corrected chi connectivity index (χ0v) is 23.1. The molecular weight excluding hydrogens is 504 g/mol. The Balaban J connectivity index is 1.69. The van der Waals surface area contributed by atoms with Crippen LogP contribution in [0.4, 0.5) is 0 Å². The van der Waals surface area contributed by atoms with Crippen LogP contribution in [0, 0.1) is 6.92 Å². The van der Waals surface area contributed by atoms with Gasteiger partial charge in [-0.1, -0.05) is 6.07 Å². The number of amides is 1. The lowest BCUT2D eigenvalue weighted by molar-refractivity contribution is -0.167. The molecule has 2 bridgehead atoms. The molecule has 5 rings (SSSR count). The molecule has 3 heterocycles. The minimum Gasteiger partial charge on any atom is -0.504 e. The number of carbonyl (C=O) groups is 3. The van der Waals surface area contributed by atoms with E-state index >= 15 is 0 Å². The first-order valence-electron chi connectivity index (χ1n) is 13.1. The Morgan fingerprint density at radius 2 is 1.87 bits per heavy atom. The number of nitrogens with zero attached hydrogens (tertiary/aromatic N) is 2. The van der Waals surface area contributed by atoms with Crippen molar-refractivity contribution in [2.45, 2.75) is 70.0 Å². The van der Waals surface area contributed by atoms with Crippen molar-refractivity contribution in [2.24, 2.45) is 5.73 Å². The van der Waals surface area contributed by atoms with Gasteiger partial charge in [0.1, 0.15) is 6.23 Å². The van der Waals surface area contributed by atoms with Gasteiger partial charge in [-0.05, 0) is 51.8 Å². The van der Waals surface area contributed by atoms with Crippen LogP contribution < -0.4 is 15.8 Å². The number of rotatable bonds is 5. The van der Waals surface area contributed by atoms with Crippen molar-refractivity contribution in [3.8, 4) is 11.5 Å². The topological polar surface area (TPSA) is 155 Å². The number of aryl methyl sites for hydroxylation is 1. The number of hydrogen-bond acceptors (Lipinski definition) is 10. The van der Waals surface area contributed by atoms with Gasteiger partial charge in [0, 0.05) is 34.9 Å². The molecule has 0 aromatic heterocycles. The average molecular weight is 541 g/mol. The number of phenolic OH excluding ortho intramolecular Hbond substituents is 1. The first-order chi connectivity index (χ1) is 18.4. The number of nitrogens with two attached hydrogens (primary N) is 1. The molecule has 39 heavy (non-hydrogen) atoms. The van der Waals surface area contributed by atoms with E-state index in [4.69, 9.17) is 15.2 Å². The lowest BCUT2D eigenvalue weighted by atomic mass is 9.71. The van der Waals surface area contributed by atoms with Crippen LogP contribution in [0.25, 0.3) is 0 Å². The number of hydrogen-bond donors (Lipinski definition) is 4. The van der Waals surface area contributed by atoms with E-state index in [9.17, 15) is 24.6 Å². The van der Waals surface area contributed by atoms with Crippen LogP contribution in [0.5, 0.6) is 11.5 Å². The van der Waals surface area contributed by atoms with Crippen LogP contribution in [0.1, 0.15) is 43.0 Å². The van der Waals surface area contributed by atoms with Gasteiger partial charge in [0.15, 0.2) is 23.0 Å². The second kappa shape index (κ2) is 9.74. The molecule has 11 nitrogen and oxygen atoms in total. The molecule has 0 saturated carbocycles. The number of Topliss-reactive ketones (excluding diaryl/α,β-unsaturated/α-hetero) is 2. The predicted molar refractivity (Wildman–Crippen MR) is 141 cm³/mol. The molecular formula is C28H36N4O7. The minimum atomic E-state index is -1.03. The number of carbonyl (C=O) groups excluding carboxylic acids is 3. The van der Waals surface area contributed by atoms with Crippen molar-refractivity contribution in [2.75, 3.05) is 27.8 Å². The lowest BCUT2D eigenvalue weighted by Crippen LogP contribution is -2.71. The van der Waals surface area contributed by atoms with Gasteiger partial charge in [0.25, 0.3) is 0 Å². The predicted octanol–water partition coefficient (Wildman–Crippen LogP) is 0.214. The molecule has 210 valence electrons. The van der Waals surface area contributed by atoms with E-state index in [0.29, 0.717) is 23.3 Å². The molecule has 6 atom stereocenters. The molecule has 1 unspecified atom stereocenters. The van der Waals surface area contributed by atoms with Crippen molar-refractivity contribution in [3.63, 3.8) is 0 Å². The highest BCUT2D eigenvalue weighted by molar-refractivity contribution is 6.25. The summed E-state index contributed by atoms with van der Waals surface area (Å²) in [5.41, 5.74) is 8.92. The van der Waals surface area contributed by atoms with Gasteiger partial charge in [-0.3, -0.25) is 24.2 Å². The second-order valence-corrected chi connectivity index (χ2v) is 10.9. The van der Waals surface area contributed by atoms with E-state index < -0.39 is 42.1 Å². The third-order valence-electron chi connectivity index (χ3n) is 8.78. The van der Waals surface area contributed by atoms with Crippen LogP contribution in [0.15, 0.2) is 28.5 Å². The smallest absolute Gasteiger partial charge is 0.236 e. The van der Waals surface area contributed by atoms with Crippen LogP contribution in [0.2, 0.25) is 0 Å². The fourth-order valence-electron chi connectivity index (χ4n) is 6.98. The molecule has 1 aliphatic carbocycles. The Labute approximate surface area is 227 Å². The van der Waals surface area contributed by atoms with Crippen molar-refractivity contribution >= 4 is 17.5 Å². The summed E-state index contributed by atoms with van der Waals surface area (Å²) in [7, 11) is 4.74. The third kappa shape index (κ3) is 3.90. The maximum Gasteiger partial charge on any atom is 0.236 e. The normalized spacial score (nSPS) is 29.5. The molecule has 4 aliphatic rings. The number of fused-ring (bicyclic) bond motifs is 6. The summed E-state index contributed by atoms with van der Waals surface area (Å²) in [6.07, 6.45) is -0.411. The zero-order valence-electron chi connectivity index (χ0n) is 23.1. The molecule has 5 N–H and O–H groups in total. The summed E-state index contributed by atoms with van der Waals surface area (Å²) >= 11 is 0. The highest BCUT2D eigenvalue weighted by atomic mass is 16.5. The Morgan fingerprint density at radius 1 is 1.18 bits per heavy atom. The highest BCUT2D eigenvalue weighted by Gasteiger charge is 2.57. The van der Waals surface area contributed by atoms with E-state index in [1.54, 1.807) is 13.8 Å². The van der Waals surface area contributed by atoms with Crippen molar-refractivity contribution in [3.05, 3.63) is 45.2 Å². The number of aliphatic hydroxyl groups is 1. The Hall–Kier alpha value is -3.25. The Morgan fingerprint density at radius 3 is 2.49 bits per heavy atom. The van der Waals surface area contributed by atoms with Crippen molar-refractivity contribution < 1.29 is 34.1 Å². The summed E-state index contributed by atoms with van der Waals surface area (Å²) in [6, 6.07) is -0.912. The number of aromatic hydroxyl groups is 1. The highest BCUT2D eigenvalue weighted by Crippen LogP contribution is 2.53. The summed E-state index contributed by atoms with van der Waals surface area (Å²) in [5.74, 6) is -0.774. The largest absolute Gasteiger partial charge is 0.504 e. The van der Waals surface area contributed by atoms with Crippen LogP contribution >= 0.6 is 0 Å². The van der Waals surface area contributed by atoms with E-state index in [1.807, 2.05) is 29.8 Å². The SMILES string of the molecule is COC1=C(C)C(=O)C2=C(C1=O)[C@H](CNC(=O)[C@H](C)N)N1C(O)[C@H]3Cc4cc(C)c(OC)c(O)c4[C@@H]([C@@H]1C2)N3C. The molecule has 1 aromatic carbocycles. The number of nitrogens with one attached hydrogen (secondary N) is 1. The molecule has 11 heteroatoms. The van der Waals surface area contributed by atoms with Gasteiger partial charge in [0.05, 0.1) is 38.4 Å². The first kappa shape index (κ1) is 27.3. The molecule has 1 amide bonds. The number of ether oxygens (including phenoxy) is 2. The number of methoxy groups -OCH3 is 2. The molecule has 3 aliphatic heterocycles. The number of ketones is 2. The first-order valence-corrected chi connectivity index (χ1v) is 13.1. The Kier molecular flexibility index (Phi) is 6.82. The molecule has 1 saturated heterocycles. The van der Waals surface area contributed by atoms with Gasteiger partial charge >= 0.3 is 0 Å². The number of phenols is 1. The van der Waals surface area contributed by atoms with Gasteiger partial charge in [-0.15, -0.1) is 0 Å². The number of allylic oxidation sites excluding steroid dienone is 2. The standard InChI is InChI=1S/C28H36N4O7/c1-11-7-14-8-17-28(37)32-16(21(31(17)4)19(14)23(34)25(11)38-5)9-15-20(18(32)10-30-27(36)13(3)29)24(35)26(39-6)12(2)22(15)33/h7,13,16-18,21,28,34,37H,8-10,29H2,1-6H3,(H,30,36)/t13-,16-,17+,18-,21+,28?/m0/s1. The van der Waals surface area contributed by atoms with Crippen LogP contribution in [-0.4, -0.2) is 95.7 Å². The second-order valence-electron chi connectivity index (χ2n) is 10.9. The van der Waals surface area contributed by atoms with Gasteiger partial charge in [-0.25, -0.2) is 0 Å². The maximum atomic E-state index is 13.7. The summed E-state index contributed by atoms with van der Waals surface area (Å²) in [4.78, 5) is 43.7. The van der Waals surface area contributed by atoms with Crippen molar-refractivity contribution in [1.29, 1.82) is 0 Å². The van der Waals surface area contributed by atoms with Gasteiger partial charge in [0.2, 0.25) is 11.7 Å². The Bertz CT molecular complexity index is 1330. The van der Waals surface area contributed by atoms with E-state index in [0.717, 1.165) is 11.1 Å². The fourth-order valence-corrected chi connectivity index (χ4v) is 6.98. The molecule has 1 aromatic rings. The van der Waals surface area contributed by atoms with Crippen LogP contribution in [0.3, 0.4) is 0 Å². The number of aliphatic hydroxyl groups excluding tert-OH is 1. The summed E-state index contributed by atoms with van der Waals surface area (Å²) in [6.45, 7) is 4.94. The van der Waals surface area contributed by atoms with Crippen LogP contribution in [-0.2, 0) is 25.5 Å². The van der Waals surface area contributed by atoms with E-state index in [-0.39, 0.29) is 47.4 Å². The fraction of sp³-hybridized carbons (Fsp3) is 0.536. The average Bonchev–Trinajstić information content (AvgIpc) is 2.88. The quantitative estimate of drug-likeness (QED) is 0.381. The summed E-state index contributed by atoms with van der Waals surface area (Å²) < 4.78 is 10.8. The number of piperazine rings is 1. The number of benzene rings is 1. The molecule has 0 spiro atoms. The monoisotopic (exact) mass is 540 g/mol. The molecule has 1 fully saturated rings. The lowest BCUT2D eigenvalue weighted by Gasteiger charge is -2.60. The van der Waals surface area contributed by atoms with Gasteiger partial charge < -0.3 is 30.7 Å². The van der Waals surface area contributed by atoms with E-state index in [1.165, 1.54) is 14.2 Å². The van der Waals surface area contributed by atoms with Gasteiger partial charge in [-0.2, -0.15) is 0 Å². The maximum absolute atomic E-state index is 13.7. The zero-order chi connectivity index (χ0) is 28.5. The molecule has 0 radical (unpaired) electrons. The van der Waals surface area contributed by atoms with E-state index in [2.05, 4.69) is 5.32 Å².